The molecule has 5 aliphatic rings. The SMILES string of the molecule is O=C1N(Cc2ccccc2)c2cc(Br)ccc2[C@@]12N1CCC[C@H]1[C@@H]1CCCN1[C@]21C(=O)N(Cc2ccccc2)c2cc(Br)ccc21. The average Bonchev–Trinajstić information content (AvgIpc) is 3.84. The summed E-state index contributed by atoms with van der Waals surface area (Å²) in [5.74, 6) is 0.0102. The number of hydrogen-bond acceptors (Lipinski definition) is 4. The van der Waals surface area contributed by atoms with Crippen LogP contribution in [0, 0.1) is 0 Å². The Labute approximate surface area is 286 Å². The predicted molar refractivity (Wildman–Crippen MR) is 186 cm³/mol. The van der Waals surface area contributed by atoms with E-state index in [9.17, 15) is 0 Å². The minimum Gasteiger partial charge on any atom is -0.306 e. The summed E-state index contributed by atoms with van der Waals surface area (Å²) in [6, 6.07) is 33.4. The van der Waals surface area contributed by atoms with Gasteiger partial charge in [0.1, 0.15) is 0 Å². The van der Waals surface area contributed by atoms with Crippen LogP contribution < -0.4 is 9.80 Å². The van der Waals surface area contributed by atoms with Crippen molar-refractivity contribution in [2.75, 3.05) is 22.9 Å². The molecule has 4 aromatic rings. The number of fused-ring (bicyclic) bond motifs is 10. The van der Waals surface area contributed by atoms with Gasteiger partial charge in [0.05, 0.1) is 24.5 Å². The maximum absolute atomic E-state index is 15.9. The van der Waals surface area contributed by atoms with E-state index in [-0.39, 0.29) is 23.9 Å². The van der Waals surface area contributed by atoms with E-state index in [4.69, 9.17) is 0 Å². The highest BCUT2D eigenvalue weighted by Crippen LogP contribution is 2.67. The molecule has 8 heteroatoms. The van der Waals surface area contributed by atoms with E-state index in [1.54, 1.807) is 0 Å². The highest BCUT2D eigenvalue weighted by Gasteiger charge is 2.80. The lowest BCUT2D eigenvalue weighted by Crippen LogP contribution is -2.80. The van der Waals surface area contributed by atoms with Crippen molar-refractivity contribution in [3.8, 4) is 0 Å². The monoisotopic (exact) mass is 736 g/mol. The second kappa shape index (κ2) is 10.6. The number of anilines is 2. The Morgan fingerprint density at radius 1 is 0.587 bits per heavy atom. The highest BCUT2D eigenvalue weighted by molar-refractivity contribution is 9.10. The standard InChI is InChI=1S/C38H34Br2N4O2/c39-27-15-17-29-33(21-27)41(23-25-9-3-1-4-10-25)35(45)37(29)38(44-20-8-14-32(44)31-13-7-19-43(31)37)30-18-16-28(40)22-34(30)42(36(38)46)24-26-11-5-2-6-12-26/h1-6,9-12,15-18,21-22,31-32H,7-8,13-14,19-20,23-24H2/t31-,32-,37+,38+/m0/s1. The molecule has 46 heavy (non-hydrogen) atoms. The van der Waals surface area contributed by atoms with Gasteiger partial charge in [-0.25, -0.2) is 0 Å². The molecular formula is C38H34Br2N4O2. The van der Waals surface area contributed by atoms with Crippen molar-refractivity contribution >= 4 is 55.0 Å². The molecule has 5 heterocycles. The molecule has 2 spiro atoms. The van der Waals surface area contributed by atoms with Crippen LogP contribution in [0.25, 0.3) is 0 Å². The van der Waals surface area contributed by atoms with E-state index in [1.807, 2.05) is 46.2 Å². The summed E-state index contributed by atoms with van der Waals surface area (Å²) >= 11 is 7.47. The predicted octanol–water partition coefficient (Wildman–Crippen LogP) is 7.34. The topological polar surface area (TPSA) is 47.1 Å². The molecule has 2 amide bonds. The molecule has 4 aromatic carbocycles. The number of amides is 2. The van der Waals surface area contributed by atoms with E-state index in [2.05, 4.69) is 102 Å². The van der Waals surface area contributed by atoms with Gasteiger partial charge >= 0.3 is 0 Å². The molecule has 4 atom stereocenters. The molecule has 6 nitrogen and oxygen atoms in total. The molecule has 0 bridgehead atoms. The van der Waals surface area contributed by atoms with Gasteiger partial charge in [0.15, 0.2) is 11.1 Å². The molecule has 0 aromatic heterocycles. The molecule has 0 aliphatic carbocycles. The van der Waals surface area contributed by atoms with Crippen molar-refractivity contribution in [3.05, 3.63) is 128 Å². The first-order chi connectivity index (χ1) is 22.5. The number of hydrogen-bond donors (Lipinski definition) is 0. The molecule has 232 valence electrons. The lowest BCUT2D eigenvalue weighted by Gasteiger charge is -2.61. The Morgan fingerprint density at radius 3 is 1.41 bits per heavy atom. The summed E-state index contributed by atoms with van der Waals surface area (Å²) in [5, 5.41) is 0. The molecule has 3 fully saturated rings. The first-order valence-corrected chi connectivity index (χ1v) is 17.9. The van der Waals surface area contributed by atoms with Gasteiger partial charge in [0, 0.05) is 45.2 Å². The molecule has 9 rings (SSSR count). The molecule has 0 unspecified atom stereocenters. The van der Waals surface area contributed by atoms with Gasteiger partial charge in [-0.1, -0.05) is 105 Å². The Balaban J connectivity index is 1.35. The van der Waals surface area contributed by atoms with Gasteiger partial charge in [-0.05, 0) is 61.1 Å². The van der Waals surface area contributed by atoms with Gasteiger partial charge in [-0.15, -0.1) is 0 Å². The average molecular weight is 739 g/mol. The second-order valence-corrected chi connectivity index (χ2v) is 15.1. The lowest BCUT2D eigenvalue weighted by molar-refractivity contribution is -0.180. The zero-order chi connectivity index (χ0) is 31.2. The number of halogens is 2. The summed E-state index contributed by atoms with van der Waals surface area (Å²) in [6.07, 6.45) is 4.09. The quantitative estimate of drug-likeness (QED) is 0.220. The summed E-state index contributed by atoms with van der Waals surface area (Å²) in [7, 11) is 0. The van der Waals surface area contributed by atoms with Crippen molar-refractivity contribution in [1.82, 2.24) is 9.80 Å². The van der Waals surface area contributed by atoms with Crippen LogP contribution in [-0.2, 0) is 33.8 Å². The van der Waals surface area contributed by atoms with Crippen molar-refractivity contribution in [2.45, 2.75) is 61.9 Å². The van der Waals surface area contributed by atoms with Gasteiger partial charge < -0.3 is 9.80 Å². The molecule has 0 saturated carbocycles. The van der Waals surface area contributed by atoms with Crippen molar-refractivity contribution in [2.24, 2.45) is 0 Å². The number of piperazine rings is 1. The van der Waals surface area contributed by atoms with E-state index in [0.717, 1.165) is 81.3 Å². The van der Waals surface area contributed by atoms with Crippen molar-refractivity contribution in [1.29, 1.82) is 0 Å². The highest BCUT2D eigenvalue weighted by atomic mass is 79.9. The van der Waals surface area contributed by atoms with Crippen molar-refractivity contribution < 1.29 is 9.59 Å². The summed E-state index contributed by atoms with van der Waals surface area (Å²) < 4.78 is 1.84. The summed E-state index contributed by atoms with van der Waals surface area (Å²) in [6.45, 7) is 2.46. The maximum atomic E-state index is 15.9. The zero-order valence-electron chi connectivity index (χ0n) is 25.4. The van der Waals surface area contributed by atoms with Gasteiger partial charge in [0.2, 0.25) is 0 Å². The fourth-order valence-corrected chi connectivity index (χ4v) is 10.3. The molecule has 0 radical (unpaired) electrons. The first-order valence-electron chi connectivity index (χ1n) is 16.3. The first kappa shape index (κ1) is 28.9. The fraction of sp³-hybridized carbons (Fsp3) is 0.316. The van der Waals surface area contributed by atoms with Crippen LogP contribution in [0.5, 0.6) is 0 Å². The number of carbonyl (C=O) groups is 2. The third kappa shape index (κ3) is 3.70. The van der Waals surface area contributed by atoms with Crippen LogP contribution >= 0.6 is 31.9 Å². The summed E-state index contributed by atoms with van der Waals surface area (Å²) in [4.78, 5) is 40.7. The third-order valence-corrected chi connectivity index (χ3v) is 12.2. The van der Waals surface area contributed by atoms with E-state index in [0.29, 0.717) is 13.1 Å². The van der Waals surface area contributed by atoms with E-state index >= 15 is 9.59 Å². The molecule has 0 N–H and O–H groups in total. The van der Waals surface area contributed by atoms with Crippen LogP contribution in [-0.4, -0.2) is 46.8 Å². The Hall–Kier alpha value is -3.30. The van der Waals surface area contributed by atoms with Crippen LogP contribution in [0.15, 0.2) is 106 Å². The third-order valence-electron chi connectivity index (χ3n) is 11.2. The number of nitrogens with zero attached hydrogens (tertiary/aromatic N) is 4. The zero-order valence-corrected chi connectivity index (χ0v) is 28.6. The van der Waals surface area contributed by atoms with Crippen LogP contribution in [0.1, 0.15) is 47.9 Å². The number of carbonyl (C=O) groups excluding carboxylic acids is 2. The molecule has 3 saturated heterocycles. The molecule has 5 aliphatic heterocycles. The number of rotatable bonds is 4. The van der Waals surface area contributed by atoms with Gasteiger partial charge in [-0.3, -0.25) is 19.4 Å². The van der Waals surface area contributed by atoms with Crippen LogP contribution in [0.3, 0.4) is 0 Å². The molecular weight excluding hydrogens is 704 g/mol. The van der Waals surface area contributed by atoms with E-state index < -0.39 is 11.1 Å². The lowest BCUT2D eigenvalue weighted by atomic mass is 9.64. The minimum absolute atomic E-state index is 0.00508. The fourth-order valence-electron chi connectivity index (χ4n) is 9.64. The minimum atomic E-state index is -1.22. The van der Waals surface area contributed by atoms with Gasteiger partial charge in [0.25, 0.3) is 11.8 Å². The Kier molecular flexibility index (Phi) is 6.66. The largest absolute Gasteiger partial charge is 0.306 e. The van der Waals surface area contributed by atoms with Gasteiger partial charge in [-0.2, -0.15) is 0 Å². The van der Waals surface area contributed by atoms with Crippen LogP contribution in [0.4, 0.5) is 11.4 Å². The van der Waals surface area contributed by atoms with E-state index in [1.165, 1.54) is 0 Å². The second-order valence-electron chi connectivity index (χ2n) is 13.3. The smallest absolute Gasteiger partial charge is 0.255 e. The number of benzene rings is 4. The van der Waals surface area contributed by atoms with Crippen molar-refractivity contribution in [3.63, 3.8) is 0 Å². The normalized spacial score (nSPS) is 28.3. The Morgan fingerprint density at radius 2 is 1.00 bits per heavy atom. The maximum Gasteiger partial charge on any atom is 0.255 e. The summed E-state index contributed by atoms with van der Waals surface area (Å²) in [5.41, 5.74) is 3.35. The van der Waals surface area contributed by atoms with Crippen LogP contribution in [0.2, 0.25) is 0 Å². The Bertz CT molecular complexity index is 1750.